The van der Waals surface area contributed by atoms with Crippen molar-refractivity contribution < 1.29 is 9.90 Å². The fraction of sp³-hybridized carbons (Fsp3) is 0.538. The van der Waals surface area contributed by atoms with Gasteiger partial charge in [0.1, 0.15) is 0 Å². The first-order valence-electron chi connectivity index (χ1n) is 5.98. The van der Waals surface area contributed by atoms with Gasteiger partial charge in [-0.3, -0.25) is 9.78 Å². The third-order valence-electron chi connectivity index (χ3n) is 3.16. The number of nitrogens with two attached hydrogens (primary N) is 1. The maximum absolute atomic E-state index is 11.4. The van der Waals surface area contributed by atoms with Crippen LogP contribution in [0.2, 0.25) is 0 Å². The van der Waals surface area contributed by atoms with Crippen molar-refractivity contribution in [2.24, 2.45) is 11.1 Å². The zero-order chi connectivity index (χ0) is 12.7. The van der Waals surface area contributed by atoms with Crippen LogP contribution in [-0.4, -0.2) is 22.6 Å². The molecular formula is C13H20N2O2. The van der Waals surface area contributed by atoms with Crippen molar-refractivity contribution in [1.82, 2.24) is 4.98 Å². The minimum atomic E-state index is -0.799. The predicted molar refractivity (Wildman–Crippen MR) is 66.6 cm³/mol. The van der Waals surface area contributed by atoms with Crippen molar-refractivity contribution >= 4 is 5.97 Å². The molecular weight excluding hydrogens is 216 g/mol. The molecule has 0 bridgehead atoms. The molecule has 0 fully saturated rings. The van der Waals surface area contributed by atoms with Gasteiger partial charge < -0.3 is 10.8 Å². The maximum Gasteiger partial charge on any atom is 0.310 e. The van der Waals surface area contributed by atoms with Gasteiger partial charge in [0.2, 0.25) is 0 Å². The lowest BCUT2D eigenvalue weighted by Crippen LogP contribution is -2.39. The van der Waals surface area contributed by atoms with E-state index in [0.717, 1.165) is 12.1 Å². The van der Waals surface area contributed by atoms with Crippen molar-refractivity contribution in [1.29, 1.82) is 0 Å². The smallest absolute Gasteiger partial charge is 0.310 e. The van der Waals surface area contributed by atoms with Crippen LogP contribution in [0.15, 0.2) is 24.4 Å². The van der Waals surface area contributed by atoms with Crippen molar-refractivity contribution in [2.45, 2.75) is 32.6 Å². The summed E-state index contributed by atoms with van der Waals surface area (Å²) < 4.78 is 0. The molecule has 0 spiro atoms. The van der Waals surface area contributed by atoms with Gasteiger partial charge in [0.15, 0.2) is 0 Å². The number of rotatable bonds is 7. The largest absolute Gasteiger partial charge is 0.481 e. The number of aryl methyl sites for hydroxylation is 1. The fourth-order valence-electron chi connectivity index (χ4n) is 2.02. The van der Waals surface area contributed by atoms with Gasteiger partial charge in [0, 0.05) is 18.4 Å². The Morgan fingerprint density at radius 3 is 2.71 bits per heavy atom. The normalized spacial score (nSPS) is 14.2. The first kappa shape index (κ1) is 13.6. The molecule has 0 aliphatic carbocycles. The molecule has 1 rings (SSSR count). The molecule has 1 unspecified atom stereocenters. The highest BCUT2D eigenvalue weighted by molar-refractivity contribution is 5.74. The van der Waals surface area contributed by atoms with E-state index in [9.17, 15) is 9.90 Å². The Bertz CT molecular complexity index is 354. The van der Waals surface area contributed by atoms with E-state index < -0.39 is 11.4 Å². The summed E-state index contributed by atoms with van der Waals surface area (Å²) in [5.74, 6) is -0.794. The zero-order valence-electron chi connectivity index (χ0n) is 10.2. The number of pyridine rings is 1. The number of hydrogen-bond acceptors (Lipinski definition) is 3. The van der Waals surface area contributed by atoms with Crippen LogP contribution < -0.4 is 5.73 Å². The SMILES string of the molecule is CCCC(CN)(CCc1ccccn1)C(=O)O. The van der Waals surface area contributed by atoms with Gasteiger partial charge in [-0.1, -0.05) is 19.4 Å². The Labute approximate surface area is 102 Å². The lowest BCUT2D eigenvalue weighted by atomic mass is 9.79. The number of aliphatic carboxylic acids is 1. The van der Waals surface area contributed by atoms with Gasteiger partial charge in [0.05, 0.1) is 5.41 Å². The average Bonchev–Trinajstić information content (AvgIpc) is 2.35. The Morgan fingerprint density at radius 1 is 1.47 bits per heavy atom. The van der Waals surface area contributed by atoms with Crippen molar-refractivity contribution in [2.75, 3.05) is 6.54 Å². The number of carbonyl (C=O) groups is 1. The van der Waals surface area contributed by atoms with E-state index in [1.165, 1.54) is 0 Å². The molecule has 0 radical (unpaired) electrons. The van der Waals surface area contributed by atoms with Crippen LogP contribution in [0.25, 0.3) is 0 Å². The quantitative estimate of drug-likeness (QED) is 0.757. The highest BCUT2D eigenvalue weighted by Gasteiger charge is 2.35. The number of carboxylic acids is 1. The van der Waals surface area contributed by atoms with Crippen LogP contribution in [-0.2, 0) is 11.2 Å². The van der Waals surface area contributed by atoms with Gasteiger partial charge in [-0.05, 0) is 31.4 Å². The maximum atomic E-state index is 11.4. The molecule has 4 heteroatoms. The van der Waals surface area contributed by atoms with Crippen LogP contribution >= 0.6 is 0 Å². The molecule has 3 N–H and O–H groups in total. The first-order valence-corrected chi connectivity index (χ1v) is 5.98. The summed E-state index contributed by atoms with van der Waals surface area (Å²) >= 11 is 0. The highest BCUT2D eigenvalue weighted by Crippen LogP contribution is 2.29. The number of aromatic nitrogens is 1. The molecule has 0 saturated heterocycles. The summed E-state index contributed by atoms with van der Waals surface area (Å²) in [6, 6.07) is 5.67. The van der Waals surface area contributed by atoms with E-state index >= 15 is 0 Å². The molecule has 0 aliphatic heterocycles. The molecule has 0 aromatic carbocycles. The average molecular weight is 236 g/mol. The standard InChI is InChI=1S/C13H20N2O2/c1-2-7-13(10-14,12(16)17)8-6-11-5-3-4-9-15-11/h3-5,9H,2,6-8,10,14H2,1H3,(H,16,17). The van der Waals surface area contributed by atoms with Crippen LogP contribution in [0, 0.1) is 5.41 Å². The summed E-state index contributed by atoms with van der Waals surface area (Å²) in [7, 11) is 0. The van der Waals surface area contributed by atoms with Crippen LogP contribution in [0.1, 0.15) is 31.9 Å². The predicted octanol–water partition coefficient (Wildman–Crippen LogP) is 1.84. The fourth-order valence-corrected chi connectivity index (χ4v) is 2.02. The molecule has 1 atom stereocenters. The molecule has 17 heavy (non-hydrogen) atoms. The Kier molecular flexibility index (Phi) is 5.10. The monoisotopic (exact) mass is 236 g/mol. The van der Waals surface area contributed by atoms with Gasteiger partial charge in [-0.25, -0.2) is 0 Å². The minimum absolute atomic E-state index is 0.184. The van der Waals surface area contributed by atoms with E-state index in [1.54, 1.807) is 6.20 Å². The molecule has 0 saturated carbocycles. The summed E-state index contributed by atoms with van der Waals surface area (Å²) in [6.07, 6.45) is 4.37. The number of hydrogen-bond donors (Lipinski definition) is 2. The molecule has 1 aromatic heterocycles. The van der Waals surface area contributed by atoms with Crippen LogP contribution in [0.3, 0.4) is 0 Å². The van der Waals surface area contributed by atoms with Gasteiger partial charge in [-0.2, -0.15) is 0 Å². The number of nitrogens with zero attached hydrogens (tertiary/aromatic N) is 1. The second-order valence-electron chi connectivity index (χ2n) is 4.36. The zero-order valence-corrected chi connectivity index (χ0v) is 10.2. The van der Waals surface area contributed by atoms with E-state index in [1.807, 2.05) is 25.1 Å². The second kappa shape index (κ2) is 6.35. The van der Waals surface area contributed by atoms with Gasteiger partial charge in [0.25, 0.3) is 0 Å². The van der Waals surface area contributed by atoms with E-state index in [4.69, 9.17) is 5.73 Å². The lowest BCUT2D eigenvalue weighted by molar-refractivity contribution is -0.149. The summed E-state index contributed by atoms with van der Waals surface area (Å²) in [5.41, 5.74) is 5.78. The van der Waals surface area contributed by atoms with Gasteiger partial charge >= 0.3 is 5.97 Å². The van der Waals surface area contributed by atoms with E-state index in [-0.39, 0.29) is 6.54 Å². The highest BCUT2D eigenvalue weighted by atomic mass is 16.4. The first-order chi connectivity index (χ1) is 8.14. The van der Waals surface area contributed by atoms with Crippen molar-refractivity contribution in [3.63, 3.8) is 0 Å². The minimum Gasteiger partial charge on any atom is -0.481 e. The Hall–Kier alpha value is -1.42. The summed E-state index contributed by atoms with van der Waals surface area (Å²) in [4.78, 5) is 15.6. The molecule has 94 valence electrons. The molecule has 4 nitrogen and oxygen atoms in total. The Morgan fingerprint density at radius 2 is 2.24 bits per heavy atom. The molecule has 1 aromatic rings. The molecule has 1 heterocycles. The van der Waals surface area contributed by atoms with Crippen LogP contribution in [0.4, 0.5) is 0 Å². The molecule has 0 aliphatic rings. The second-order valence-corrected chi connectivity index (χ2v) is 4.36. The molecule has 0 amide bonds. The Balaban J connectivity index is 2.70. The van der Waals surface area contributed by atoms with E-state index in [2.05, 4.69) is 4.98 Å². The summed E-state index contributed by atoms with van der Waals surface area (Å²) in [5, 5.41) is 9.33. The van der Waals surface area contributed by atoms with E-state index in [0.29, 0.717) is 19.3 Å². The third kappa shape index (κ3) is 3.53. The lowest BCUT2D eigenvalue weighted by Gasteiger charge is -2.27. The number of carboxylic acid groups (broad SMARTS) is 1. The van der Waals surface area contributed by atoms with Crippen LogP contribution in [0.5, 0.6) is 0 Å². The summed E-state index contributed by atoms with van der Waals surface area (Å²) in [6.45, 7) is 2.16. The van der Waals surface area contributed by atoms with Crippen molar-refractivity contribution in [3.05, 3.63) is 30.1 Å². The van der Waals surface area contributed by atoms with Gasteiger partial charge in [-0.15, -0.1) is 0 Å². The third-order valence-corrected chi connectivity index (χ3v) is 3.16. The topological polar surface area (TPSA) is 76.2 Å². The van der Waals surface area contributed by atoms with Crippen molar-refractivity contribution in [3.8, 4) is 0 Å².